The summed E-state index contributed by atoms with van der Waals surface area (Å²) in [5, 5.41) is 0.470. The zero-order valence-electron chi connectivity index (χ0n) is 15.8. The third-order valence-corrected chi connectivity index (χ3v) is 6.23. The molecule has 0 bridgehead atoms. The molecule has 0 heterocycles. The van der Waals surface area contributed by atoms with Gasteiger partial charge < -0.3 is 9.64 Å². The minimum Gasteiger partial charge on any atom is -0.468 e. The van der Waals surface area contributed by atoms with Crippen LogP contribution in [0.4, 0.5) is 0 Å². The van der Waals surface area contributed by atoms with E-state index in [-0.39, 0.29) is 23.5 Å². The molecule has 0 unspecified atom stereocenters. The second kappa shape index (κ2) is 9.18. The summed E-state index contributed by atoms with van der Waals surface area (Å²) in [6.07, 6.45) is 0. The van der Waals surface area contributed by atoms with Crippen molar-refractivity contribution < 1.29 is 22.7 Å². The highest BCUT2D eigenvalue weighted by atomic mass is 35.5. The maximum Gasteiger partial charge on any atom is 0.325 e. The molecule has 0 saturated heterocycles. The highest BCUT2D eigenvalue weighted by Gasteiger charge is 2.22. The number of carbonyl (C=O) groups is 2. The van der Waals surface area contributed by atoms with Crippen LogP contribution in [-0.4, -0.2) is 57.2 Å². The van der Waals surface area contributed by atoms with Crippen molar-refractivity contribution in [3.8, 4) is 0 Å². The maximum atomic E-state index is 12.9. The van der Waals surface area contributed by atoms with E-state index in [2.05, 4.69) is 4.74 Å². The molecule has 0 aliphatic heterocycles. The molecule has 0 aliphatic carbocycles. The van der Waals surface area contributed by atoms with Crippen molar-refractivity contribution in [1.82, 2.24) is 9.21 Å². The van der Waals surface area contributed by atoms with Crippen LogP contribution in [0.5, 0.6) is 0 Å². The van der Waals surface area contributed by atoms with Gasteiger partial charge in [0.05, 0.1) is 12.0 Å². The van der Waals surface area contributed by atoms with Crippen molar-refractivity contribution >= 4 is 33.5 Å². The second-order valence-corrected chi connectivity index (χ2v) is 8.70. The summed E-state index contributed by atoms with van der Waals surface area (Å²) in [5.74, 6) is -1.02. The molecule has 150 valence electrons. The SMILES string of the molecule is COC(=O)CN(Cc1ccccc1Cl)C(=O)c1ccc(S(=O)(=O)N(C)C)cc1. The lowest BCUT2D eigenvalue weighted by atomic mass is 10.1. The zero-order chi connectivity index (χ0) is 20.9. The molecular weight excluding hydrogens is 404 g/mol. The first-order valence-corrected chi connectivity index (χ1v) is 10.1. The number of methoxy groups -OCH3 is 1. The average molecular weight is 425 g/mol. The molecule has 0 N–H and O–H groups in total. The number of nitrogens with zero attached hydrogens (tertiary/aromatic N) is 2. The topological polar surface area (TPSA) is 84.0 Å². The second-order valence-electron chi connectivity index (χ2n) is 6.14. The number of ether oxygens (including phenoxy) is 1. The van der Waals surface area contributed by atoms with E-state index in [1.54, 1.807) is 24.3 Å². The number of hydrogen-bond acceptors (Lipinski definition) is 5. The number of carbonyl (C=O) groups excluding carboxylic acids is 2. The van der Waals surface area contributed by atoms with Gasteiger partial charge in [-0.1, -0.05) is 29.8 Å². The average Bonchev–Trinajstić information content (AvgIpc) is 2.68. The largest absolute Gasteiger partial charge is 0.468 e. The van der Waals surface area contributed by atoms with Gasteiger partial charge in [0.15, 0.2) is 0 Å². The summed E-state index contributed by atoms with van der Waals surface area (Å²) in [6, 6.07) is 12.5. The fourth-order valence-corrected chi connectivity index (χ4v) is 3.51. The van der Waals surface area contributed by atoms with Crippen LogP contribution in [0, 0.1) is 0 Å². The lowest BCUT2D eigenvalue weighted by molar-refractivity contribution is -0.141. The molecular formula is C19H21ClN2O5S. The van der Waals surface area contributed by atoms with Crippen LogP contribution in [0.1, 0.15) is 15.9 Å². The summed E-state index contributed by atoms with van der Waals surface area (Å²) in [6.45, 7) is -0.163. The molecule has 0 aliphatic rings. The Morgan fingerprint density at radius 1 is 1.04 bits per heavy atom. The number of esters is 1. The monoisotopic (exact) mass is 424 g/mol. The van der Waals surface area contributed by atoms with Crippen molar-refractivity contribution in [2.24, 2.45) is 0 Å². The third-order valence-electron chi connectivity index (χ3n) is 4.03. The number of rotatable bonds is 7. The molecule has 9 heteroatoms. The molecule has 2 rings (SSSR count). The van der Waals surface area contributed by atoms with Crippen LogP contribution in [0.15, 0.2) is 53.4 Å². The summed E-state index contributed by atoms with van der Waals surface area (Å²) in [5.41, 5.74) is 0.918. The molecule has 0 saturated carbocycles. The van der Waals surface area contributed by atoms with Crippen LogP contribution in [0.3, 0.4) is 0 Å². The highest BCUT2D eigenvalue weighted by Crippen LogP contribution is 2.20. The van der Waals surface area contributed by atoms with Gasteiger partial charge in [-0.15, -0.1) is 0 Å². The number of amides is 1. The van der Waals surface area contributed by atoms with Crippen LogP contribution >= 0.6 is 11.6 Å². The molecule has 7 nitrogen and oxygen atoms in total. The van der Waals surface area contributed by atoms with E-state index in [9.17, 15) is 18.0 Å². The van der Waals surface area contributed by atoms with E-state index >= 15 is 0 Å². The van der Waals surface area contributed by atoms with Crippen LogP contribution in [0.25, 0.3) is 0 Å². The van der Waals surface area contributed by atoms with Crippen molar-refractivity contribution in [3.05, 3.63) is 64.7 Å². The summed E-state index contributed by atoms with van der Waals surface area (Å²) >= 11 is 6.16. The molecule has 2 aromatic carbocycles. The van der Waals surface area contributed by atoms with E-state index < -0.39 is 21.9 Å². The van der Waals surface area contributed by atoms with Gasteiger partial charge in [0.2, 0.25) is 10.0 Å². The van der Waals surface area contributed by atoms with Crippen molar-refractivity contribution in [2.75, 3.05) is 27.7 Å². The van der Waals surface area contributed by atoms with Gasteiger partial charge in [-0.05, 0) is 35.9 Å². The lowest BCUT2D eigenvalue weighted by Crippen LogP contribution is -2.35. The predicted octanol–water partition coefficient (Wildman–Crippen LogP) is 2.41. The normalized spacial score (nSPS) is 11.3. The molecule has 0 radical (unpaired) electrons. The quantitative estimate of drug-likeness (QED) is 0.637. The summed E-state index contributed by atoms with van der Waals surface area (Å²) in [4.78, 5) is 26.0. The summed E-state index contributed by atoms with van der Waals surface area (Å²) in [7, 11) is 0.491. The molecule has 0 atom stereocenters. The predicted molar refractivity (Wildman–Crippen MR) is 106 cm³/mol. The Morgan fingerprint density at radius 3 is 2.18 bits per heavy atom. The van der Waals surface area contributed by atoms with Crippen LogP contribution in [-0.2, 0) is 26.1 Å². The first-order valence-electron chi connectivity index (χ1n) is 8.29. The lowest BCUT2D eigenvalue weighted by Gasteiger charge is -2.22. The standard InChI is InChI=1S/C19H21ClN2O5S/c1-21(2)28(25,26)16-10-8-14(9-11-16)19(24)22(13-18(23)27-3)12-15-6-4-5-7-17(15)20/h4-11H,12-13H2,1-3H3. The Bertz CT molecular complexity index is 959. The van der Waals surface area contributed by atoms with E-state index in [1.165, 1.54) is 50.4 Å². The summed E-state index contributed by atoms with van der Waals surface area (Å²) < 4.78 is 30.1. The Balaban J connectivity index is 2.31. The van der Waals surface area contributed by atoms with E-state index in [1.807, 2.05) is 0 Å². The van der Waals surface area contributed by atoms with Crippen LogP contribution < -0.4 is 0 Å². The van der Waals surface area contributed by atoms with Crippen molar-refractivity contribution in [3.63, 3.8) is 0 Å². The Hall–Kier alpha value is -2.42. The molecule has 0 spiro atoms. The highest BCUT2D eigenvalue weighted by molar-refractivity contribution is 7.89. The van der Waals surface area contributed by atoms with E-state index in [0.717, 1.165) is 4.31 Å². The molecule has 0 aromatic heterocycles. The van der Waals surface area contributed by atoms with Gasteiger partial charge in [0, 0.05) is 31.2 Å². The van der Waals surface area contributed by atoms with Gasteiger partial charge in [0.25, 0.3) is 5.91 Å². The number of sulfonamides is 1. The Morgan fingerprint density at radius 2 is 1.64 bits per heavy atom. The first-order chi connectivity index (χ1) is 13.2. The number of halogens is 1. The maximum absolute atomic E-state index is 12.9. The van der Waals surface area contributed by atoms with Gasteiger partial charge >= 0.3 is 5.97 Å². The zero-order valence-corrected chi connectivity index (χ0v) is 17.3. The molecule has 1 amide bonds. The van der Waals surface area contributed by atoms with Crippen LogP contribution in [0.2, 0.25) is 5.02 Å². The van der Waals surface area contributed by atoms with E-state index in [4.69, 9.17) is 11.6 Å². The Kier molecular flexibility index (Phi) is 7.17. The Labute approximate surface area is 169 Å². The molecule has 28 heavy (non-hydrogen) atoms. The minimum absolute atomic E-state index is 0.0691. The smallest absolute Gasteiger partial charge is 0.325 e. The number of hydrogen-bond donors (Lipinski definition) is 0. The van der Waals surface area contributed by atoms with Crippen molar-refractivity contribution in [2.45, 2.75) is 11.4 Å². The van der Waals surface area contributed by atoms with Crippen molar-refractivity contribution in [1.29, 1.82) is 0 Å². The van der Waals surface area contributed by atoms with Gasteiger partial charge in [-0.3, -0.25) is 9.59 Å². The van der Waals surface area contributed by atoms with Gasteiger partial charge in [-0.2, -0.15) is 0 Å². The third kappa shape index (κ3) is 5.09. The molecule has 2 aromatic rings. The van der Waals surface area contributed by atoms with Gasteiger partial charge in [-0.25, -0.2) is 12.7 Å². The fourth-order valence-electron chi connectivity index (χ4n) is 2.42. The van der Waals surface area contributed by atoms with Gasteiger partial charge in [0.1, 0.15) is 6.54 Å². The minimum atomic E-state index is -3.60. The number of benzene rings is 2. The molecule has 0 fully saturated rings. The fraction of sp³-hybridized carbons (Fsp3) is 0.263. The first kappa shape index (κ1) is 21.9. The van der Waals surface area contributed by atoms with E-state index in [0.29, 0.717) is 10.6 Å².